The largest absolute Gasteiger partial charge is 0.350 e. The first-order valence-electron chi connectivity index (χ1n) is 11.2. The van der Waals surface area contributed by atoms with Crippen LogP contribution in [-0.4, -0.2) is 48.2 Å². The van der Waals surface area contributed by atoms with Crippen molar-refractivity contribution in [3.63, 3.8) is 0 Å². The van der Waals surface area contributed by atoms with Crippen LogP contribution in [0.15, 0.2) is 30.3 Å². The van der Waals surface area contributed by atoms with Crippen molar-refractivity contribution in [2.45, 2.75) is 86.2 Å². The van der Waals surface area contributed by atoms with Crippen LogP contribution in [0.2, 0.25) is 0 Å². The Bertz CT molecular complexity index is 774. The molecule has 184 valence electrons. The van der Waals surface area contributed by atoms with Crippen molar-refractivity contribution in [2.24, 2.45) is 5.41 Å². The molecule has 0 fully saturated rings. The molecule has 0 aliphatic heterocycles. The number of hydrogen-bond donors (Lipinski definition) is 0. The molecule has 0 aromatic heterocycles. The van der Waals surface area contributed by atoms with Gasteiger partial charge >= 0.3 is 7.60 Å². The fourth-order valence-electron chi connectivity index (χ4n) is 3.50. The second-order valence-electron chi connectivity index (χ2n) is 10.4. The predicted octanol–water partition coefficient (Wildman–Crippen LogP) is 6.10. The van der Waals surface area contributed by atoms with Gasteiger partial charge in [-0.2, -0.15) is 5.06 Å². The highest BCUT2D eigenvalue weighted by molar-refractivity contribution is 7.54. The molecular weight excluding hydrogens is 427 g/mol. The van der Waals surface area contributed by atoms with Gasteiger partial charge in [0.15, 0.2) is 5.60 Å². The van der Waals surface area contributed by atoms with Crippen molar-refractivity contribution < 1.29 is 23.2 Å². The standard InChI is InChI=1S/C24H43N2O5P/c1-12-29-32(28,30-13-2)21(22(3,4)5)26(23(6,7)8)31-24(9,10)20(27)25(11)19-17-15-14-16-18-19/h14-18,21H,12-13H2,1-11H3. The summed E-state index contributed by atoms with van der Waals surface area (Å²) in [4.78, 5) is 21.5. The van der Waals surface area contributed by atoms with Crippen LogP contribution in [0.4, 0.5) is 5.69 Å². The number of carbonyl (C=O) groups is 1. The minimum atomic E-state index is -3.63. The summed E-state index contributed by atoms with van der Waals surface area (Å²) < 4.78 is 25.5. The molecule has 1 aromatic carbocycles. The van der Waals surface area contributed by atoms with E-state index >= 15 is 0 Å². The van der Waals surface area contributed by atoms with Crippen LogP contribution in [0, 0.1) is 5.41 Å². The zero-order chi connectivity index (χ0) is 25.0. The summed E-state index contributed by atoms with van der Waals surface area (Å²) in [6.45, 7) is 19.3. The van der Waals surface area contributed by atoms with Gasteiger partial charge in [0.2, 0.25) is 0 Å². The summed E-state index contributed by atoms with van der Waals surface area (Å²) in [5, 5.41) is 1.65. The molecule has 1 rings (SSSR count). The monoisotopic (exact) mass is 470 g/mol. The first-order valence-corrected chi connectivity index (χ1v) is 12.8. The molecule has 0 aliphatic carbocycles. The maximum atomic E-state index is 14.0. The lowest BCUT2D eigenvalue weighted by Gasteiger charge is -2.49. The van der Waals surface area contributed by atoms with Gasteiger partial charge in [-0.15, -0.1) is 0 Å². The molecule has 1 amide bonds. The van der Waals surface area contributed by atoms with E-state index in [-0.39, 0.29) is 19.1 Å². The van der Waals surface area contributed by atoms with E-state index in [4.69, 9.17) is 13.9 Å². The number of carbonyl (C=O) groups excluding carboxylic acids is 1. The smallest absolute Gasteiger partial charge is 0.313 e. The molecule has 0 radical (unpaired) electrons. The van der Waals surface area contributed by atoms with Gasteiger partial charge in [0, 0.05) is 18.3 Å². The van der Waals surface area contributed by atoms with E-state index in [1.54, 1.807) is 44.7 Å². The summed E-state index contributed by atoms with van der Waals surface area (Å²) >= 11 is 0. The highest BCUT2D eigenvalue weighted by Gasteiger charge is 2.53. The second-order valence-corrected chi connectivity index (χ2v) is 12.5. The highest BCUT2D eigenvalue weighted by Crippen LogP contribution is 2.61. The van der Waals surface area contributed by atoms with Crippen LogP contribution in [-0.2, 0) is 23.2 Å². The van der Waals surface area contributed by atoms with Crippen LogP contribution >= 0.6 is 7.60 Å². The van der Waals surface area contributed by atoms with E-state index in [2.05, 4.69) is 0 Å². The van der Waals surface area contributed by atoms with Gasteiger partial charge in [-0.05, 0) is 66.0 Å². The van der Waals surface area contributed by atoms with Crippen molar-refractivity contribution >= 4 is 19.2 Å². The van der Waals surface area contributed by atoms with E-state index in [9.17, 15) is 9.36 Å². The number of hydroxylamine groups is 2. The first kappa shape index (κ1) is 28.8. The fourth-order valence-corrected chi connectivity index (χ4v) is 6.18. The third-order valence-electron chi connectivity index (χ3n) is 4.87. The van der Waals surface area contributed by atoms with Crippen LogP contribution in [0.1, 0.15) is 69.2 Å². The molecule has 0 bridgehead atoms. The van der Waals surface area contributed by atoms with Crippen molar-refractivity contribution in [1.82, 2.24) is 5.06 Å². The van der Waals surface area contributed by atoms with E-state index in [0.29, 0.717) is 0 Å². The molecule has 1 atom stereocenters. The summed E-state index contributed by atoms with van der Waals surface area (Å²) in [6, 6.07) is 9.39. The molecule has 7 nitrogen and oxygen atoms in total. The van der Waals surface area contributed by atoms with Crippen LogP contribution < -0.4 is 4.90 Å². The van der Waals surface area contributed by atoms with E-state index in [0.717, 1.165) is 5.69 Å². The molecule has 32 heavy (non-hydrogen) atoms. The number of para-hydroxylation sites is 1. The van der Waals surface area contributed by atoms with Gasteiger partial charge in [-0.25, -0.2) is 0 Å². The molecule has 0 saturated carbocycles. The SMILES string of the molecule is CCOP(=O)(OCC)C(N(OC(C)(C)C(=O)N(C)c1ccccc1)C(C)(C)C)C(C)(C)C. The summed E-state index contributed by atoms with van der Waals surface area (Å²) in [7, 11) is -1.91. The van der Waals surface area contributed by atoms with Gasteiger partial charge < -0.3 is 13.9 Å². The van der Waals surface area contributed by atoms with Gasteiger partial charge in [0.05, 0.1) is 13.2 Å². The van der Waals surface area contributed by atoms with Crippen molar-refractivity contribution in [2.75, 3.05) is 25.2 Å². The Kier molecular flexibility index (Phi) is 9.71. The average Bonchev–Trinajstić information content (AvgIpc) is 2.65. The Morgan fingerprint density at radius 1 is 0.938 bits per heavy atom. The van der Waals surface area contributed by atoms with Crippen molar-refractivity contribution in [3.8, 4) is 0 Å². The lowest BCUT2D eigenvalue weighted by molar-refractivity contribution is -0.285. The van der Waals surface area contributed by atoms with Gasteiger partial charge in [-0.1, -0.05) is 39.0 Å². The Morgan fingerprint density at radius 2 is 1.41 bits per heavy atom. The number of nitrogens with zero attached hydrogens (tertiary/aromatic N) is 2. The molecule has 0 N–H and O–H groups in total. The van der Waals surface area contributed by atoms with Gasteiger partial charge in [-0.3, -0.25) is 14.2 Å². The molecule has 0 heterocycles. The molecular formula is C24H43N2O5P. The van der Waals surface area contributed by atoms with Gasteiger partial charge in [0.25, 0.3) is 5.91 Å². The maximum Gasteiger partial charge on any atom is 0.350 e. The normalized spacial score (nSPS) is 14.5. The fraction of sp³-hybridized carbons (Fsp3) is 0.708. The van der Waals surface area contributed by atoms with E-state index in [1.165, 1.54) is 0 Å². The number of hydrogen-bond acceptors (Lipinski definition) is 6. The minimum absolute atomic E-state index is 0.228. The summed E-state index contributed by atoms with van der Waals surface area (Å²) in [5.74, 6) is -0.975. The zero-order valence-electron chi connectivity index (χ0n) is 21.8. The van der Waals surface area contributed by atoms with Crippen LogP contribution in [0.25, 0.3) is 0 Å². The molecule has 8 heteroatoms. The van der Waals surface area contributed by atoms with Gasteiger partial charge in [0.1, 0.15) is 5.78 Å². The van der Waals surface area contributed by atoms with Crippen molar-refractivity contribution in [1.29, 1.82) is 0 Å². The minimum Gasteiger partial charge on any atom is -0.313 e. The number of amides is 1. The third kappa shape index (κ3) is 7.13. The molecule has 0 spiro atoms. The maximum absolute atomic E-state index is 14.0. The average molecular weight is 471 g/mol. The molecule has 0 aliphatic rings. The van der Waals surface area contributed by atoms with E-state index in [1.807, 2.05) is 71.9 Å². The third-order valence-corrected chi connectivity index (χ3v) is 7.68. The number of anilines is 1. The quantitative estimate of drug-likeness (QED) is 0.304. The Balaban J connectivity index is 3.47. The highest BCUT2D eigenvalue weighted by atomic mass is 31.2. The number of rotatable bonds is 10. The van der Waals surface area contributed by atoms with Crippen LogP contribution in [0.3, 0.4) is 0 Å². The summed E-state index contributed by atoms with van der Waals surface area (Å²) in [6.07, 6.45) is 0. The van der Waals surface area contributed by atoms with E-state index < -0.39 is 29.9 Å². The molecule has 0 saturated heterocycles. The second kappa shape index (κ2) is 10.8. The first-order chi connectivity index (χ1) is 14.5. The lowest BCUT2D eigenvalue weighted by atomic mass is 9.94. The topological polar surface area (TPSA) is 68.3 Å². The van der Waals surface area contributed by atoms with Crippen LogP contribution in [0.5, 0.6) is 0 Å². The Morgan fingerprint density at radius 3 is 1.78 bits per heavy atom. The predicted molar refractivity (Wildman–Crippen MR) is 131 cm³/mol. The summed E-state index contributed by atoms with van der Waals surface area (Å²) in [5.41, 5.74) is -1.63. The Hall–Kier alpha value is -1.24. The van der Waals surface area contributed by atoms with Crippen molar-refractivity contribution in [3.05, 3.63) is 30.3 Å². The number of benzene rings is 1. The zero-order valence-corrected chi connectivity index (χ0v) is 22.7. The Labute approximate surface area is 194 Å². The molecule has 1 aromatic rings. The number of likely N-dealkylation sites (N-methyl/N-ethyl adjacent to an activating group) is 1. The molecule has 1 unspecified atom stereocenters. The lowest BCUT2D eigenvalue weighted by Crippen LogP contribution is -2.59.